The number of aromatic nitrogens is 4. The minimum absolute atomic E-state index is 0.233. The molecule has 0 aliphatic carbocycles. The second-order valence-corrected chi connectivity index (χ2v) is 9.17. The van der Waals surface area contributed by atoms with Gasteiger partial charge in [0.1, 0.15) is 17.7 Å². The molecule has 0 saturated carbocycles. The number of fused-ring (bicyclic) bond motifs is 2. The first kappa shape index (κ1) is 23.1. The minimum Gasteiger partial charge on any atom is -0.363 e. The number of alkyl halides is 2. The summed E-state index contributed by atoms with van der Waals surface area (Å²) in [6.45, 7) is 5.14. The Balaban J connectivity index is 1.43. The Bertz CT molecular complexity index is 1370. The Morgan fingerprint density at radius 3 is 2.57 bits per heavy atom. The summed E-state index contributed by atoms with van der Waals surface area (Å²) in [6.07, 6.45) is 1.44. The average Bonchev–Trinajstić information content (AvgIpc) is 2.85. The summed E-state index contributed by atoms with van der Waals surface area (Å²) < 4.78 is 27.7. The van der Waals surface area contributed by atoms with Crippen LogP contribution in [0.25, 0.3) is 16.7 Å². The fourth-order valence-electron chi connectivity index (χ4n) is 4.59. The Kier molecular flexibility index (Phi) is 5.84. The molecule has 5 heterocycles. The molecule has 1 unspecified atom stereocenters. The summed E-state index contributed by atoms with van der Waals surface area (Å²) in [5.74, 6) is 1.12. The maximum absolute atomic E-state index is 13.2. The number of hydrogen-bond donors (Lipinski definition) is 1. The van der Waals surface area contributed by atoms with Crippen LogP contribution in [0, 0.1) is 0 Å². The zero-order valence-corrected chi connectivity index (χ0v) is 20.1. The van der Waals surface area contributed by atoms with E-state index in [0.29, 0.717) is 6.54 Å². The molecule has 0 aromatic carbocycles. The van der Waals surface area contributed by atoms with Crippen LogP contribution in [-0.2, 0) is 13.0 Å². The third-order valence-electron chi connectivity index (χ3n) is 6.72. The van der Waals surface area contributed by atoms with Crippen molar-refractivity contribution < 1.29 is 8.78 Å². The third-order valence-corrected chi connectivity index (χ3v) is 6.72. The molecular weight excluding hydrogens is 452 g/mol. The number of nitrogens with one attached hydrogen (secondary N) is 1. The largest absolute Gasteiger partial charge is 0.363 e. The fourth-order valence-corrected chi connectivity index (χ4v) is 4.59. The summed E-state index contributed by atoms with van der Waals surface area (Å²) in [7, 11) is 3.91. The van der Waals surface area contributed by atoms with Gasteiger partial charge >= 0.3 is 0 Å². The maximum atomic E-state index is 13.2. The average molecular weight is 480 g/mol. The number of pyridine rings is 2. The highest BCUT2D eigenvalue weighted by Crippen LogP contribution is 2.30. The Morgan fingerprint density at radius 2 is 1.89 bits per heavy atom. The highest BCUT2D eigenvalue weighted by molar-refractivity contribution is 5.66. The van der Waals surface area contributed by atoms with E-state index in [2.05, 4.69) is 26.4 Å². The standard InChI is InChI=1S/C25H27F2N7O/c1-14-15(2)25(31-34-22(35)10-20(23(26)27)30-24(14)34)33-8-7-19-18(13-33)9-17(12-28-19)16-5-6-21(29-11-16)32(3)4/h5-6,9-12,23,25,31H,7-8,13H2,1-4H3. The van der Waals surface area contributed by atoms with E-state index < -0.39 is 17.7 Å². The zero-order valence-electron chi connectivity index (χ0n) is 20.1. The number of hydrogen-bond acceptors (Lipinski definition) is 7. The van der Waals surface area contributed by atoms with Crippen molar-refractivity contribution in [2.45, 2.75) is 39.4 Å². The lowest BCUT2D eigenvalue weighted by Gasteiger charge is -2.40. The van der Waals surface area contributed by atoms with E-state index in [1.54, 1.807) is 0 Å². The Labute approximate surface area is 201 Å². The van der Waals surface area contributed by atoms with E-state index in [4.69, 9.17) is 4.98 Å². The molecule has 0 amide bonds. The summed E-state index contributed by atoms with van der Waals surface area (Å²) in [6, 6.07) is 7.05. The lowest BCUT2D eigenvalue weighted by Crippen LogP contribution is -2.52. The van der Waals surface area contributed by atoms with Gasteiger partial charge in [0, 0.05) is 68.9 Å². The molecule has 2 aliphatic rings. The topological polar surface area (TPSA) is 79.2 Å². The number of nitrogens with zero attached hydrogens (tertiary/aromatic N) is 6. The predicted molar refractivity (Wildman–Crippen MR) is 131 cm³/mol. The van der Waals surface area contributed by atoms with Crippen molar-refractivity contribution >= 4 is 11.4 Å². The molecule has 35 heavy (non-hydrogen) atoms. The Hall–Kier alpha value is -3.66. The van der Waals surface area contributed by atoms with Crippen molar-refractivity contribution in [3.63, 3.8) is 0 Å². The van der Waals surface area contributed by atoms with E-state index in [9.17, 15) is 13.6 Å². The molecule has 5 rings (SSSR count). The first-order valence-corrected chi connectivity index (χ1v) is 11.4. The van der Waals surface area contributed by atoms with Gasteiger partial charge in [-0.1, -0.05) is 0 Å². The van der Waals surface area contributed by atoms with Crippen LogP contribution < -0.4 is 15.9 Å². The van der Waals surface area contributed by atoms with Crippen LogP contribution >= 0.6 is 0 Å². The first-order chi connectivity index (χ1) is 16.7. The molecule has 1 atom stereocenters. The van der Waals surface area contributed by atoms with Gasteiger partial charge in [-0.25, -0.2) is 23.4 Å². The van der Waals surface area contributed by atoms with Crippen molar-refractivity contribution in [2.75, 3.05) is 31.0 Å². The van der Waals surface area contributed by atoms with Crippen LogP contribution in [0.15, 0.2) is 47.0 Å². The SMILES string of the molecule is CC1=C(C)C(N2CCc3ncc(-c4ccc(N(C)C)nc4)cc3C2)Nn2c1nc(C(F)F)cc2=O. The maximum Gasteiger partial charge on any atom is 0.280 e. The highest BCUT2D eigenvalue weighted by Gasteiger charge is 2.32. The van der Waals surface area contributed by atoms with Crippen LogP contribution in [-0.4, -0.2) is 51.3 Å². The molecule has 0 bridgehead atoms. The molecule has 0 radical (unpaired) electrons. The summed E-state index contributed by atoms with van der Waals surface area (Å²) >= 11 is 0. The zero-order chi connectivity index (χ0) is 24.9. The summed E-state index contributed by atoms with van der Waals surface area (Å²) in [5, 5.41) is 0. The van der Waals surface area contributed by atoms with Crippen LogP contribution in [0.1, 0.15) is 43.0 Å². The van der Waals surface area contributed by atoms with Crippen molar-refractivity contribution in [3.8, 4) is 11.1 Å². The van der Waals surface area contributed by atoms with Gasteiger partial charge in [0.05, 0.1) is 0 Å². The number of halogens is 2. The van der Waals surface area contributed by atoms with Gasteiger partial charge in [-0.05, 0) is 48.8 Å². The first-order valence-electron chi connectivity index (χ1n) is 11.4. The van der Waals surface area contributed by atoms with Crippen LogP contribution in [0.4, 0.5) is 14.6 Å². The molecule has 182 valence electrons. The van der Waals surface area contributed by atoms with Gasteiger partial charge in [-0.15, -0.1) is 0 Å². The van der Waals surface area contributed by atoms with Crippen LogP contribution in [0.2, 0.25) is 0 Å². The predicted octanol–water partition coefficient (Wildman–Crippen LogP) is 3.44. The highest BCUT2D eigenvalue weighted by atomic mass is 19.3. The van der Waals surface area contributed by atoms with Gasteiger partial charge in [0.25, 0.3) is 12.0 Å². The second kappa shape index (κ2) is 8.84. The lowest BCUT2D eigenvalue weighted by molar-refractivity contribution is 0.145. The molecule has 0 fully saturated rings. The fraction of sp³-hybridized carbons (Fsp3) is 0.360. The molecule has 0 spiro atoms. The van der Waals surface area contributed by atoms with Gasteiger partial charge in [-0.3, -0.25) is 20.1 Å². The summed E-state index contributed by atoms with van der Waals surface area (Å²) in [4.78, 5) is 30.0. The molecular formula is C25H27F2N7O. The number of anilines is 1. The summed E-state index contributed by atoms with van der Waals surface area (Å²) in [5.41, 5.74) is 7.97. The van der Waals surface area contributed by atoms with Crippen molar-refractivity contribution in [1.29, 1.82) is 0 Å². The minimum atomic E-state index is -2.80. The molecule has 3 aromatic heterocycles. The van der Waals surface area contributed by atoms with Crippen molar-refractivity contribution in [1.82, 2.24) is 24.5 Å². The molecule has 3 aromatic rings. The van der Waals surface area contributed by atoms with E-state index >= 15 is 0 Å². The molecule has 1 N–H and O–H groups in total. The van der Waals surface area contributed by atoms with Gasteiger partial charge in [-0.2, -0.15) is 0 Å². The smallest absolute Gasteiger partial charge is 0.280 e. The number of rotatable bonds is 4. The second-order valence-electron chi connectivity index (χ2n) is 9.17. The normalized spacial score (nSPS) is 17.7. The van der Waals surface area contributed by atoms with E-state index in [1.807, 2.05) is 57.4 Å². The Morgan fingerprint density at radius 1 is 1.11 bits per heavy atom. The van der Waals surface area contributed by atoms with Gasteiger partial charge in [0.15, 0.2) is 5.82 Å². The van der Waals surface area contributed by atoms with Crippen LogP contribution in [0.5, 0.6) is 0 Å². The van der Waals surface area contributed by atoms with E-state index in [-0.39, 0.29) is 12.0 Å². The van der Waals surface area contributed by atoms with Gasteiger partial charge in [0.2, 0.25) is 0 Å². The molecule has 8 nitrogen and oxygen atoms in total. The van der Waals surface area contributed by atoms with Crippen LogP contribution in [0.3, 0.4) is 0 Å². The molecule has 0 saturated heterocycles. The van der Waals surface area contributed by atoms with Crippen molar-refractivity contribution in [2.24, 2.45) is 0 Å². The van der Waals surface area contributed by atoms with Gasteiger partial charge < -0.3 is 4.90 Å². The lowest BCUT2D eigenvalue weighted by atomic mass is 9.98. The monoisotopic (exact) mass is 479 g/mol. The molecule has 10 heteroatoms. The quantitative estimate of drug-likeness (QED) is 0.614. The number of allylic oxidation sites excluding steroid dienone is 1. The molecule has 2 aliphatic heterocycles. The van der Waals surface area contributed by atoms with Crippen molar-refractivity contribution in [3.05, 3.63) is 75.4 Å². The third kappa shape index (κ3) is 4.18. The van der Waals surface area contributed by atoms with E-state index in [1.165, 1.54) is 4.68 Å². The van der Waals surface area contributed by atoms with E-state index in [0.717, 1.165) is 58.4 Å².